The lowest BCUT2D eigenvalue weighted by atomic mass is 10.1. The first kappa shape index (κ1) is 25.8. The lowest BCUT2D eigenvalue weighted by molar-refractivity contribution is -0.122. The van der Waals surface area contributed by atoms with Crippen molar-refractivity contribution in [2.45, 2.75) is 25.8 Å². The van der Waals surface area contributed by atoms with Crippen LogP contribution < -0.4 is 19.1 Å². The van der Waals surface area contributed by atoms with E-state index in [4.69, 9.17) is 14.2 Å². The summed E-state index contributed by atoms with van der Waals surface area (Å²) in [7, 11) is 4.65. The van der Waals surface area contributed by atoms with Gasteiger partial charge in [0.15, 0.2) is 11.5 Å². The smallest absolute Gasteiger partial charge is 0.257 e. The van der Waals surface area contributed by atoms with Crippen LogP contribution in [0.4, 0.5) is 5.69 Å². The van der Waals surface area contributed by atoms with Gasteiger partial charge in [0.05, 0.1) is 33.4 Å². The molecule has 4 rings (SSSR count). The van der Waals surface area contributed by atoms with E-state index in [9.17, 15) is 14.4 Å². The summed E-state index contributed by atoms with van der Waals surface area (Å²) in [5, 5.41) is 0. The molecule has 0 aliphatic carbocycles. The van der Waals surface area contributed by atoms with Crippen LogP contribution >= 0.6 is 0 Å². The van der Waals surface area contributed by atoms with E-state index >= 15 is 0 Å². The maximum absolute atomic E-state index is 13.7. The first-order valence-corrected chi connectivity index (χ1v) is 12.0. The van der Waals surface area contributed by atoms with E-state index in [1.54, 1.807) is 56.7 Å². The first-order valence-electron chi connectivity index (χ1n) is 12.0. The second-order valence-corrected chi connectivity index (χ2v) is 8.79. The zero-order valence-corrected chi connectivity index (χ0v) is 21.4. The van der Waals surface area contributed by atoms with Crippen molar-refractivity contribution in [3.63, 3.8) is 0 Å². The Morgan fingerprint density at radius 3 is 2.32 bits per heavy atom. The normalized spacial score (nSPS) is 15.0. The number of methoxy groups -OCH3 is 3. The van der Waals surface area contributed by atoms with E-state index in [-0.39, 0.29) is 24.8 Å². The van der Waals surface area contributed by atoms with Gasteiger partial charge in [-0.3, -0.25) is 14.4 Å². The van der Waals surface area contributed by atoms with Crippen molar-refractivity contribution >= 4 is 23.4 Å². The minimum atomic E-state index is -0.923. The number of nitrogens with zero attached hydrogens (tertiary/aromatic N) is 2. The van der Waals surface area contributed by atoms with Gasteiger partial charge in [-0.15, -0.1) is 0 Å². The number of imide groups is 1. The molecule has 0 spiro atoms. The Hall–Kier alpha value is -4.33. The third-order valence-electron chi connectivity index (χ3n) is 6.46. The Bertz CT molecular complexity index is 1300. The van der Waals surface area contributed by atoms with E-state index in [0.29, 0.717) is 34.9 Å². The van der Waals surface area contributed by atoms with Crippen LogP contribution in [0.15, 0.2) is 66.7 Å². The molecular weight excluding hydrogens is 472 g/mol. The molecule has 3 aromatic carbocycles. The van der Waals surface area contributed by atoms with Gasteiger partial charge in [-0.25, -0.2) is 4.90 Å². The largest absolute Gasteiger partial charge is 0.497 e. The summed E-state index contributed by atoms with van der Waals surface area (Å²) in [6.07, 6.45) is 0.354. The fourth-order valence-corrected chi connectivity index (χ4v) is 4.43. The number of amides is 3. The van der Waals surface area contributed by atoms with Crippen molar-refractivity contribution in [1.29, 1.82) is 0 Å². The van der Waals surface area contributed by atoms with Gasteiger partial charge < -0.3 is 19.1 Å². The molecule has 1 aliphatic heterocycles. The number of hydrogen-bond acceptors (Lipinski definition) is 6. The van der Waals surface area contributed by atoms with Crippen molar-refractivity contribution < 1.29 is 28.6 Å². The van der Waals surface area contributed by atoms with Gasteiger partial charge in [-0.05, 0) is 61.4 Å². The second-order valence-electron chi connectivity index (χ2n) is 8.79. The molecule has 192 valence electrons. The molecule has 1 atom stereocenters. The van der Waals surface area contributed by atoms with Crippen LogP contribution in [0.2, 0.25) is 0 Å². The van der Waals surface area contributed by atoms with Crippen LogP contribution in [0.25, 0.3) is 0 Å². The number of carbonyl (C=O) groups excluding carboxylic acids is 3. The minimum absolute atomic E-state index is 0.0889. The average molecular weight is 503 g/mol. The van der Waals surface area contributed by atoms with Crippen molar-refractivity contribution in [2.24, 2.45) is 0 Å². The number of rotatable bonds is 9. The number of benzene rings is 3. The quantitative estimate of drug-likeness (QED) is 0.411. The minimum Gasteiger partial charge on any atom is -0.497 e. The highest BCUT2D eigenvalue weighted by Gasteiger charge is 2.44. The van der Waals surface area contributed by atoms with E-state index in [0.717, 1.165) is 11.1 Å². The van der Waals surface area contributed by atoms with Crippen LogP contribution in [-0.4, -0.2) is 56.5 Å². The maximum atomic E-state index is 13.7. The molecule has 1 saturated heterocycles. The Morgan fingerprint density at radius 1 is 0.919 bits per heavy atom. The van der Waals surface area contributed by atoms with Gasteiger partial charge in [0.2, 0.25) is 5.91 Å². The molecule has 0 aromatic heterocycles. The summed E-state index contributed by atoms with van der Waals surface area (Å²) in [5.41, 5.74) is 2.79. The predicted octanol–water partition coefficient (Wildman–Crippen LogP) is 4.04. The summed E-state index contributed by atoms with van der Waals surface area (Å²) in [4.78, 5) is 42.9. The van der Waals surface area contributed by atoms with Gasteiger partial charge in [0.1, 0.15) is 11.8 Å². The third-order valence-corrected chi connectivity index (χ3v) is 6.46. The Kier molecular flexibility index (Phi) is 7.77. The molecule has 0 saturated carbocycles. The summed E-state index contributed by atoms with van der Waals surface area (Å²) >= 11 is 0. The molecule has 0 bridgehead atoms. The average Bonchev–Trinajstić information content (AvgIpc) is 3.22. The molecule has 1 fully saturated rings. The number of carbonyl (C=O) groups is 3. The SMILES string of the molecule is COc1cccc(C(=O)N(CCc2ccc(OC)c(OC)c2)C2CC(=O)N(c3ccc(C)cc3)C2=O)c1. The van der Waals surface area contributed by atoms with Crippen molar-refractivity contribution in [3.8, 4) is 17.2 Å². The van der Waals surface area contributed by atoms with Crippen LogP contribution in [0.5, 0.6) is 17.2 Å². The molecular formula is C29H30N2O6. The fraction of sp³-hybridized carbons (Fsp3) is 0.276. The van der Waals surface area contributed by atoms with Gasteiger partial charge in [-0.1, -0.05) is 29.8 Å². The summed E-state index contributed by atoms with van der Waals surface area (Å²) in [6, 6.07) is 18.5. The van der Waals surface area contributed by atoms with Crippen LogP contribution in [-0.2, 0) is 16.0 Å². The van der Waals surface area contributed by atoms with Gasteiger partial charge in [0, 0.05) is 12.1 Å². The summed E-state index contributed by atoms with van der Waals surface area (Å²) in [5.74, 6) is 0.590. The fourth-order valence-electron chi connectivity index (χ4n) is 4.43. The Morgan fingerprint density at radius 2 is 1.65 bits per heavy atom. The number of anilines is 1. The number of aryl methyl sites for hydroxylation is 1. The van der Waals surface area contributed by atoms with Crippen molar-refractivity contribution in [1.82, 2.24) is 4.90 Å². The molecule has 0 N–H and O–H groups in total. The molecule has 1 unspecified atom stereocenters. The monoisotopic (exact) mass is 502 g/mol. The van der Waals surface area contributed by atoms with E-state index in [2.05, 4.69) is 0 Å². The second kappa shape index (κ2) is 11.2. The summed E-state index contributed by atoms with van der Waals surface area (Å²) in [6.45, 7) is 2.15. The lowest BCUT2D eigenvalue weighted by Crippen LogP contribution is -2.46. The molecule has 8 heteroatoms. The number of ether oxygens (including phenoxy) is 3. The molecule has 1 aliphatic rings. The van der Waals surface area contributed by atoms with Crippen molar-refractivity contribution in [3.05, 3.63) is 83.4 Å². The lowest BCUT2D eigenvalue weighted by Gasteiger charge is -2.28. The third kappa shape index (κ3) is 5.43. The van der Waals surface area contributed by atoms with E-state index in [1.165, 1.54) is 16.9 Å². The standard InChI is InChI=1S/C29H30N2O6/c1-19-8-11-22(12-9-19)31-27(32)18-24(29(31)34)30(28(33)21-6-5-7-23(17-21)35-2)15-14-20-10-13-25(36-3)26(16-20)37-4/h5-13,16-17,24H,14-15,18H2,1-4H3. The highest BCUT2D eigenvalue weighted by atomic mass is 16.5. The molecule has 3 amide bonds. The molecule has 0 radical (unpaired) electrons. The van der Waals surface area contributed by atoms with Crippen LogP contribution in [0, 0.1) is 6.92 Å². The van der Waals surface area contributed by atoms with Crippen LogP contribution in [0.1, 0.15) is 27.9 Å². The highest BCUT2D eigenvalue weighted by molar-refractivity contribution is 6.23. The predicted molar refractivity (Wildman–Crippen MR) is 139 cm³/mol. The summed E-state index contributed by atoms with van der Waals surface area (Å²) < 4.78 is 16.0. The van der Waals surface area contributed by atoms with E-state index < -0.39 is 11.9 Å². The highest BCUT2D eigenvalue weighted by Crippen LogP contribution is 2.30. The number of hydrogen-bond donors (Lipinski definition) is 0. The topological polar surface area (TPSA) is 85.4 Å². The molecule has 3 aromatic rings. The zero-order chi connectivity index (χ0) is 26.5. The Balaban J connectivity index is 1.65. The molecule has 37 heavy (non-hydrogen) atoms. The zero-order valence-electron chi connectivity index (χ0n) is 21.4. The van der Waals surface area contributed by atoms with Crippen molar-refractivity contribution in [2.75, 3.05) is 32.8 Å². The maximum Gasteiger partial charge on any atom is 0.257 e. The molecule has 1 heterocycles. The van der Waals surface area contributed by atoms with Crippen LogP contribution in [0.3, 0.4) is 0 Å². The Labute approximate surface area is 216 Å². The first-order chi connectivity index (χ1) is 17.9. The van der Waals surface area contributed by atoms with Gasteiger partial charge in [0.25, 0.3) is 11.8 Å². The molecule has 8 nitrogen and oxygen atoms in total. The van der Waals surface area contributed by atoms with Gasteiger partial charge >= 0.3 is 0 Å². The van der Waals surface area contributed by atoms with E-state index in [1.807, 2.05) is 31.2 Å². The van der Waals surface area contributed by atoms with Gasteiger partial charge in [-0.2, -0.15) is 0 Å².